The lowest BCUT2D eigenvalue weighted by atomic mass is 10.0. The molecule has 0 saturated carbocycles. The van der Waals surface area contributed by atoms with Crippen LogP contribution in [0.15, 0.2) is 65.3 Å². The number of nitrogens with zero attached hydrogens (tertiary/aromatic N) is 1. The number of benzene rings is 3. The molecule has 4 rings (SSSR count). The third-order valence-electron chi connectivity index (χ3n) is 4.94. The average molecular weight is 436 g/mol. The third kappa shape index (κ3) is 4.42. The number of aliphatic imine (C=N–C) groups is 1. The number of rotatable bonds is 7. The molecule has 0 amide bonds. The van der Waals surface area contributed by atoms with Crippen LogP contribution in [0.4, 0.5) is 0 Å². The van der Waals surface area contributed by atoms with Gasteiger partial charge in [-0.05, 0) is 47.0 Å². The maximum atomic E-state index is 12.5. The molecular weight excluding hydrogens is 414 g/mol. The number of halogens is 1. The molecule has 1 aliphatic rings. The highest BCUT2D eigenvalue weighted by atomic mass is 35.5. The summed E-state index contributed by atoms with van der Waals surface area (Å²) in [6.45, 7) is 2.64. The summed E-state index contributed by atoms with van der Waals surface area (Å²) in [5.41, 5.74) is 1.63. The molecule has 0 aliphatic carbocycles. The lowest BCUT2D eigenvalue weighted by Gasteiger charge is -2.13. The highest BCUT2D eigenvalue weighted by Gasteiger charge is 2.25. The van der Waals surface area contributed by atoms with Gasteiger partial charge in [0.05, 0.1) is 18.7 Å². The van der Waals surface area contributed by atoms with Crippen molar-refractivity contribution in [3.8, 4) is 11.5 Å². The normalized spacial score (nSPS) is 14.6. The van der Waals surface area contributed by atoms with Crippen molar-refractivity contribution in [2.24, 2.45) is 4.99 Å². The average Bonchev–Trinajstić information content (AvgIpc) is 3.14. The Morgan fingerprint density at radius 2 is 1.94 bits per heavy atom. The van der Waals surface area contributed by atoms with E-state index in [0.717, 1.165) is 29.2 Å². The summed E-state index contributed by atoms with van der Waals surface area (Å²) in [4.78, 5) is 16.9. The van der Waals surface area contributed by atoms with Gasteiger partial charge in [-0.25, -0.2) is 9.79 Å². The summed E-state index contributed by atoms with van der Waals surface area (Å²) in [6, 6.07) is 17.2. The van der Waals surface area contributed by atoms with Gasteiger partial charge in [0.1, 0.15) is 0 Å². The molecule has 3 aromatic carbocycles. The van der Waals surface area contributed by atoms with Crippen molar-refractivity contribution in [2.45, 2.75) is 19.8 Å². The first-order valence-electron chi connectivity index (χ1n) is 10.1. The van der Waals surface area contributed by atoms with E-state index in [0.29, 0.717) is 28.7 Å². The van der Waals surface area contributed by atoms with Gasteiger partial charge < -0.3 is 14.2 Å². The molecule has 1 heterocycles. The van der Waals surface area contributed by atoms with Gasteiger partial charge in [-0.15, -0.1) is 0 Å². The van der Waals surface area contributed by atoms with Crippen molar-refractivity contribution in [2.75, 3.05) is 13.7 Å². The van der Waals surface area contributed by atoms with Crippen molar-refractivity contribution in [3.05, 3.63) is 76.4 Å². The van der Waals surface area contributed by atoms with E-state index in [9.17, 15) is 4.79 Å². The lowest BCUT2D eigenvalue weighted by molar-refractivity contribution is -0.129. The van der Waals surface area contributed by atoms with Gasteiger partial charge in [0.15, 0.2) is 17.2 Å². The molecule has 31 heavy (non-hydrogen) atoms. The standard InChI is InChI=1S/C25H22ClNO4/c1-3-4-12-30-23-20(26)13-16(15-22(23)29-2)14-21-25(28)31-24(27-21)19-11-7-9-17-8-5-6-10-18(17)19/h5-11,13-15H,3-4,12H2,1-2H3/b21-14+. The Morgan fingerprint density at radius 1 is 1.13 bits per heavy atom. The van der Waals surface area contributed by atoms with Crippen LogP contribution in [0.25, 0.3) is 16.8 Å². The maximum Gasteiger partial charge on any atom is 0.363 e. The predicted molar refractivity (Wildman–Crippen MR) is 123 cm³/mol. The maximum absolute atomic E-state index is 12.5. The number of hydrogen-bond acceptors (Lipinski definition) is 5. The molecular formula is C25H22ClNO4. The van der Waals surface area contributed by atoms with Gasteiger partial charge in [0.2, 0.25) is 5.90 Å². The SMILES string of the molecule is CCCCOc1c(Cl)cc(/C=C2/N=C(c3cccc4ccccc34)OC2=O)cc1OC. The Balaban J connectivity index is 1.68. The summed E-state index contributed by atoms with van der Waals surface area (Å²) in [5, 5.41) is 2.43. The first-order chi connectivity index (χ1) is 15.1. The topological polar surface area (TPSA) is 57.1 Å². The largest absolute Gasteiger partial charge is 0.493 e. The fourth-order valence-corrected chi connectivity index (χ4v) is 3.65. The fraction of sp³-hybridized carbons (Fsp3) is 0.200. The Labute approximate surface area is 185 Å². The Hall–Kier alpha value is -3.31. The fourth-order valence-electron chi connectivity index (χ4n) is 3.38. The third-order valence-corrected chi connectivity index (χ3v) is 5.22. The van der Waals surface area contributed by atoms with Crippen LogP contribution in [0.1, 0.15) is 30.9 Å². The zero-order valence-corrected chi connectivity index (χ0v) is 18.1. The molecule has 0 bridgehead atoms. The second-order valence-corrected chi connectivity index (χ2v) is 7.51. The molecule has 0 radical (unpaired) electrons. The van der Waals surface area contributed by atoms with Gasteiger partial charge >= 0.3 is 5.97 Å². The second-order valence-electron chi connectivity index (χ2n) is 7.10. The van der Waals surface area contributed by atoms with Crippen molar-refractivity contribution < 1.29 is 19.0 Å². The summed E-state index contributed by atoms with van der Waals surface area (Å²) in [5.74, 6) is 0.765. The van der Waals surface area contributed by atoms with Crippen molar-refractivity contribution in [1.82, 2.24) is 0 Å². The first-order valence-corrected chi connectivity index (χ1v) is 10.5. The minimum Gasteiger partial charge on any atom is -0.493 e. The number of hydrogen-bond donors (Lipinski definition) is 0. The zero-order valence-electron chi connectivity index (χ0n) is 17.4. The highest BCUT2D eigenvalue weighted by Crippen LogP contribution is 2.37. The molecule has 5 nitrogen and oxygen atoms in total. The van der Waals surface area contributed by atoms with Crippen LogP contribution in [0.3, 0.4) is 0 Å². The second kappa shape index (κ2) is 9.23. The highest BCUT2D eigenvalue weighted by molar-refractivity contribution is 6.32. The summed E-state index contributed by atoms with van der Waals surface area (Å²) in [7, 11) is 1.55. The summed E-state index contributed by atoms with van der Waals surface area (Å²) >= 11 is 6.42. The van der Waals surface area contributed by atoms with Crippen LogP contribution in [0.5, 0.6) is 11.5 Å². The lowest BCUT2D eigenvalue weighted by Crippen LogP contribution is -2.05. The van der Waals surface area contributed by atoms with Crippen LogP contribution < -0.4 is 9.47 Å². The Bertz CT molecular complexity index is 1190. The number of esters is 1. The van der Waals surface area contributed by atoms with Crippen LogP contribution in [0.2, 0.25) is 5.02 Å². The van der Waals surface area contributed by atoms with Crippen LogP contribution in [-0.4, -0.2) is 25.6 Å². The molecule has 0 unspecified atom stereocenters. The molecule has 0 aromatic heterocycles. The van der Waals surface area contributed by atoms with E-state index in [4.69, 9.17) is 25.8 Å². The van der Waals surface area contributed by atoms with Crippen LogP contribution in [-0.2, 0) is 9.53 Å². The van der Waals surface area contributed by atoms with E-state index in [-0.39, 0.29) is 11.6 Å². The van der Waals surface area contributed by atoms with E-state index in [1.54, 1.807) is 25.3 Å². The quantitative estimate of drug-likeness (QED) is 0.258. The van der Waals surface area contributed by atoms with Gasteiger partial charge in [-0.3, -0.25) is 0 Å². The molecule has 3 aromatic rings. The summed E-state index contributed by atoms with van der Waals surface area (Å²) in [6.07, 6.45) is 3.57. The molecule has 0 N–H and O–H groups in total. The van der Waals surface area contributed by atoms with Gasteiger partial charge in [-0.2, -0.15) is 0 Å². The molecule has 0 atom stereocenters. The first kappa shape index (κ1) is 20.9. The number of unbranched alkanes of at least 4 members (excludes halogenated alkanes) is 1. The number of cyclic esters (lactones) is 1. The predicted octanol–water partition coefficient (Wildman–Crippen LogP) is 6.03. The number of ether oxygens (including phenoxy) is 3. The summed E-state index contributed by atoms with van der Waals surface area (Å²) < 4.78 is 16.7. The number of methoxy groups -OCH3 is 1. The zero-order chi connectivity index (χ0) is 21.8. The van der Waals surface area contributed by atoms with E-state index in [1.807, 2.05) is 42.5 Å². The van der Waals surface area contributed by atoms with Crippen LogP contribution in [0, 0.1) is 0 Å². The van der Waals surface area contributed by atoms with Crippen LogP contribution >= 0.6 is 11.6 Å². The van der Waals surface area contributed by atoms with Crippen molar-refractivity contribution in [1.29, 1.82) is 0 Å². The Kier molecular flexibility index (Phi) is 6.23. The van der Waals surface area contributed by atoms with Gasteiger partial charge in [0, 0.05) is 5.56 Å². The molecule has 1 aliphatic heterocycles. The molecule has 0 spiro atoms. The van der Waals surface area contributed by atoms with E-state index >= 15 is 0 Å². The minimum atomic E-state index is -0.513. The van der Waals surface area contributed by atoms with Gasteiger partial charge in [0.25, 0.3) is 0 Å². The monoisotopic (exact) mass is 435 g/mol. The number of carbonyl (C=O) groups excluding carboxylic acids is 1. The van der Waals surface area contributed by atoms with Crippen molar-refractivity contribution >= 4 is 40.3 Å². The number of fused-ring (bicyclic) bond motifs is 1. The molecule has 6 heteroatoms. The minimum absolute atomic E-state index is 0.195. The molecule has 158 valence electrons. The van der Waals surface area contributed by atoms with E-state index in [2.05, 4.69) is 11.9 Å². The molecule has 0 fully saturated rings. The van der Waals surface area contributed by atoms with Crippen molar-refractivity contribution in [3.63, 3.8) is 0 Å². The van der Waals surface area contributed by atoms with Gasteiger partial charge in [-0.1, -0.05) is 61.3 Å². The smallest absolute Gasteiger partial charge is 0.363 e. The molecule has 0 saturated heterocycles. The van der Waals surface area contributed by atoms with E-state index in [1.165, 1.54) is 0 Å². The van der Waals surface area contributed by atoms with E-state index < -0.39 is 5.97 Å². The Morgan fingerprint density at radius 3 is 2.74 bits per heavy atom. The number of carbonyl (C=O) groups is 1.